The van der Waals surface area contributed by atoms with Crippen LogP contribution in [0.3, 0.4) is 0 Å². The Morgan fingerprint density at radius 3 is 1.28 bits per heavy atom. The molecule has 2 aromatic heterocycles. The van der Waals surface area contributed by atoms with E-state index in [1.54, 1.807) is 30.6 Å². The number of nitrogens with zero attached hydrogens (tertiary/aromatic N) is 6. The van der Waals surface area contributed by atoms with Crippen LogP contribution in [-0.4, -0.2) is 86.4 Å². The summed E-state index contributed by atoms with van der Waals surface area (Å²) < 4.78 is 27.2. The van der Waals surface area contributed by atoms with Gasteiger partial charge >= 0.3 is 10.2 Å². The molecule has 4 heterocycles. The molecule has 6 N–H and O–H groups in total. The summed E-state index contributed by atoms with van der Waals surface area (Å²) in [4.78, 5) is 17.2. The summed E-state index contributed by atoms with van der Waals surface area (Å²) in [7, 11) is -1.43. The van der Waals surface area contributed by atoms with Gasteiger partial charge in [0.15, 0.2) is 0 Å². The van der Waals surface area contributed by atoms with E-state index in [9.17, 15) is 8.42 Å². The quantitative estimate of drug-likeness (QED) is 0.0690. The van der Waals surface area contributed by atoms with Gasteiger partial charge in [-0.05, 0) is 170 Å². The van der Waals surface area contributed by atoms with E-state index in [1.807, 2.05) is 177 Å². The number of benzene rings is 5. The monoisotopic (exact) mass is 1230 g/mol. The minimum atomic E-state index is -3.36. The number of fused-ring (bicyclic) bond motifs is 3. The smallest absolute Gasteiger partial charge is 0.324 e. The van der Waals surface area contributed by atoms with Crippen molar-refractivity contribution >= 4 is 66.9 Å². The van der Waals surface area contributed by atoms with E-state index in [0.29, 0.717) is 41.8 Å². The Morgan fingerprint density at radius 1 is 0.455 bits per heavy atom. The highest BCUT2D eigenvalue weighted by molar-refractivity contribution is 7.94. The molecule has 0 spiro atoms. The molecule has 5 aromatic carbocycles. The highest BCUT2D eigenvalue weighted by atomic mass is 32.2. The first-order valence-corrected chi connectivity index (χ1v) is 34.2. The SMILES string of the molecule is CC.CC.CC.CC.CC.CC.CC(C)N1c2ccccc2NS1(=O)=O.CC(C)Nc1ccccc1.CC(C)Nc1ccccc1.CC(C)Nc1nccc2ccccc12.CC(C)Nc1ncccn1.CCN1CN(C(C)C)c2ccccc21.CCNC. The summed E-state index contributed by atoms with van der Waals surface area (Å²) >= 11 is 0. The highest BCUT2D eigenvalue weighted by Gasteiger charge is 2.34. The molecule has 496 valence electrons. The summed E-state index contributed by atoms with van der Waals surface area (Å²) in [5.41, 5.74) is 6.52. The van der Waals surface area contributed by atoms with Crippen LogP contribution in [0.25, 0.3) is 10.8 Å². The maximum absolute atomic E-state index is 11.7. The first kappa shape index (κ1) is 87.3. The number of hydrogen-bond donors (Lipinski definition) is 6. The lowest BCUT2D eigenvalue weighted by molar-refractivity contribution is 0.592. The second kappa shape index (κ2) is 55.2. The molecule has 0 aliphatic carbocycles. The molecule has 0 unspecified atom stereocenters. The standard InChI is InChI=1S/C12H14N2.C12H18N2.C9H12N2O2S.2C9H13N.C7H11N3.C3H9N.6C2H6/c1-9(2)14-12-11-6-4-3-5-10(11)7-8-13-12;1-4-13-9-14(10(2)3)12-8-6-5-7-11(12)13;1-7(2)11-9-6-4-3-5-8(9)10-14(11,12)13;2*1-8(2)10-9-6-4-3-5-7-9;1-6(2)10-7-8-4-3-5-9-7;1-3-4-2;6*1-2/h3-9H,1-2H3,(H,13,14);5-8,10H,4,9H2,1-3H3;3-7,10H,1-2H3;2*3-8,10H,1-2H3;3-6H,1-2H3,(H,8,9,10);4H,3H2,1-2H3;6*1-2H3. The third kappa shape index (κ3) is 36.9. The topological polar surface area (TPSA) is 155 Å². The Morgan fingerprint density at radius 2 is 0.864 bits per heavy atom. The molecule has 9 rings (SSSR count). The molecular formula is C73H126N12O2S. The summed E-state index contributed by atoms with van der Waals surface area (Å²) in [6.45, 7) is 56.5. The average Bonchev–Trinajstić information content (AvgIpc) is 3.06. The van der Waals surface area contributed by atoms with Crippen molar-refractivity contribution in [2.45, 2.75) is 216 Å². The third-order valence-electron chi connectivity index (χ3n) is 10.9. The lowest BCUT2D eigenvalue weighted by Gasteiger charge is -2.24. The maximum Gasteiger partial charge on any atom is 0.324 e. The zero-order valence-corrected chi connectivity index (χ0v) is 60.9. The maximum atomic E-state index is 11.7. The lowest BCUT2D eigenvalue weighted by Crippen LogP contribution is -2.35. The zero-order valence-electron chi connectivity index (χ0n) is 60.1. The second-order valence-electron chi connectivity index (χ2n) is 19.7. The van der Waals surface area contributed by atoms with Crippen LogP contribution in [-0.2, 0) is 10.2 Å². The van der Waals surface area contributed by atoms with E-state index >= 15 is 0 Å². The van der Waals surface area contributed by atoms with Gasteiger partial charge in [-0.2, -0.15) is 8.42 Å². The average molecular weight is 1240 g/mol. The molecule has 0 radical (unpaired) electrons. The van der Waals surface area contributed by atoms with Gasteiger partial charge in [-0.25, -0.2) is 19.3 Å². The highest BCUT2D eigenvalue weighted by Crippen LogP contribution is 2.37. The van der Waals surface area contributed by atoms with Gasteiger partial charge in [0.25, 0.3) is 0 Å². The lowest BCUT2D eigenvalue weighted by atomic mass is 10.1. The minimum absolute atomic E-state index is 0.0730. The van der Waals surface area contributed by atoms with Crippen LogP contribution in [0.2, 0.25) is 0 Å². The number of aromatic nitrogens is 3. The fraction of sp³-hybridized carbons (Fsp3) is 0.493. The molecule has 0 saturated heterocycles. The summed E-state index contributed by atoms with van der Waals surface area (Å²) in [5.74, 6) is 1.66. The summed E-state index contributed by atoms with van der Waals surface area (Å²) in [6.07, 6.45) is 5.28. The molecule has 88 heavy (non-hydrogen) atoms. The molecule has 2 aliphatic rings. The number of hydrogen-bond acceptors (Lipinski definition) is 12. The van der Waals surface area contributed by atoms with Crippen LogP contribution in [0.1, 0.15) is 180 Å². The van der Waals surface area contributed by atoms with Gasteiger partial charge in [-0.3, -0.25) is 4.72 Å². The van der Waals surface area contributed by atoms with Gasteiger partial charge in [0.2, 0.25) is 5.95 Å². The summed E-state index contributed by atoms with van der Waals surface area (Å²) in [6, 6.07) is 50.7. The van der Waals surface area contributed by atoms with Crippen molar-refractivity contribution in [3.63, 3.8) is 0 Å². The molecule has 0 bridgehead atoms. The Hall–Kier alpha value is -7.10. The zero-order chi connectivity index (χ0) is 68.0. The molecule has 15 heteroatoms. The minimum Gasteiger partial charge on any atom is -0.383 e. The Bertz CT molecular complexity index is 2630. The van der Waals surface area contributed by atoms with E-state index < -0.39 is 10.2 Å². The van der Waals surface area contributed by atoms with E-state index in [0.717, 1.165) is 31.3 Å². The molecular weight excluding hydrogens is 1110 g/mol. The molecule has 14 nitrogen and oxygen atoms in total. The first-order chi connectivity index (χ1) is 42.3. The van der Waals surface area contributed by atoms with Crippen LogP contribution in [0, 0.1) is 0 Å². The predicted octanol–water partition coefficient (Wildman–Crippen LogP) is 20.0. The predicted molar refractivity (Wildman–Crippen MR) is 398 cm³/mol. The molecule has 2 aliphatic heterocycles. The Kier molecular flexibility index (Phi) is 54.8. The summed E-state index contributed by atoms with van der Waals surface area (Å²) in [5, 5.41) is 18.4. The van der Waals surface area contributed by atoms with Crippen LogP contribution in [0.15, 0.2) is 164 Å². The number of anilines is 8. The van der Waals surface area contributed by atoms with Crippen LogP contribution in [0.4, 0.5) is 45.9 Å². The van der Waals surface area contributed by atoms with E-state index in [1.165, 1.54) is 37.8 Å². The molecule has 0 saturated carbocycles. The van der Waals surface area contributed by atoms with Crippen LogP contribution >= 0.6 is 0 Å². The van der Waals surface area contributed by atoms with Crippen molar-refractivity contribution in [1.82, 2.24) is 20.3 Å². The van der Waals surface area contributed by atoms with Crippen molar-refractivity contribution in [3.05, 3.63) is 164 Å². The van der Waals surface area contributed by atoms with Gasteiger partial charge in [-0.15, -0.1) is 0 Å². The third-order valence-corrected chi connectivity index (χ3v) is 12.5. The van der Waals surface area contributed by atoms with Gasteiger partial charge in [0, 0.05) is 78.1 Å². The van der Waals surface area contributed by atoms with Crippen LogP contribution < -0.4 is 45.4 Å². The number of rotatable bonds is 12. The molecule has 0 atom stereocenters. The number of para-hydroxylation sites is 6. The van der Waals surface area contributed by atoms with Gasteiger partial charge < -0.3 is 36.4 Å². The fourth-order valence-electron chi connectivity index (χ4n) is 7.52. The van der Waals surface area contributed by atoms with E-state index in [-0.39, 0.29) is 6.04 Å². The number of nitrogens with one attached hydrogen (secondary N) is 6. The molecule has 0 amide bonds. The largest absolute Gasteiger partial charge is 0.383 e. The molecule has 7 aromatic rings. The van der Waals surface area contributed by atoms with Crippen molar-refractivity contribution in [2.24, 2.45) is 0 Å². The number of pyridine rings is 1. The van der Waals surface area contributed by atoms with Crippen molar-refractivity contribution in [1.29, 1.82) is 0 Å². The normalized spacial score (nSPS) is 11.1. The van der Waals surface area contributed by atoms with Crippen molar-refractivity contribution in [2.75, 3.05) is 66.9 Å². The van der Waals surface area contributed by atoms with E-state index in [4.69, 9.17) is 0 Å². The Balaban J connectivity index is -0.000000461. The van der Waals surface area contributed by atoms with Gasteiger partial charge in [-0.1, -0.05) is 175 Å². The molecule has 0 fully saturated rings. The van der Waals surface area contributed by atoms with Crippen LogP contribution in [0.5, 0.6) is 0 Å². The van der Waals surface area contributed by atoms with Crippen molar-refractivity contribution < 1.29 is 8.42 Å². The fourth-order valence-corrected chi connectivity index (χ4v) is 9.05. The second-order valence-corrected chi connectivity index (χ2v) is 21.2. The van der Waals surface area contributed by atoms with Gasteiger partial charge in [0.05, 0.1) is 29.4 Å². The Labute approximate surface area is 540 Å². The first-order valence-electron chi connectivity index (χ1n) is 32.7. The van der Waals surface area contributed by atoms with E-state index in [2.05, 4.69) is 200 Å². The van der Waals surface area contributed by atoms with Crippen molar-refractivity contribution in [3.8, 4) is 0 Å². The van der Waals surface area contributed by atoms with Gasteiger partial charge in [0.1, 0.15) is 5.82 Å².